The quantitative estimate of drug-likeness (QED) is 0.0760. The van der Waals surface area contributed by atoms with E-state index in [1.54, 1.807) is 13.8 Å². The molecule has 6 N–H and O–H groups in total. The number of hydrogen-bond acceptors (Lipinski definition) is 15. The van der Waals surface area contributed by atoms with E-state index in [2.05, 4.69) is 49.3 Å². The number of nitrogens with one attached hydrogen (secondary N) is 1. The SMILES string of the molecule is CC=Nc1c(N)ncnc1N[C@@H]1O[C@H](CC)[C@@H](OP(=O)(S)OC[C@H]2O[C@@H](c3ccnc(C(C)=O)c3)[C@H](OP(O)(O)=S)[C@@H]2O)[C@H]1F. The number of rotatable bonds is 13. The predicted octanol–water partition coefficient (Wildman–Crippen LogP) is 2.80. The topological polar surface area (TPSA) is 230 Å². The lowest BCUT2D eigenvalue weighted by Crippen LogP contribution is -2.35. The average molecular weight is 711 g/mol. The van der Waals surface area contributed by atoms with E-state index in [0.717, 1.165) is 0 Å². The molecule has 2 fully saturated rings. The van der Waals surface area contributed by atoms with Gasteiger partial charge in [0.25, 0.3) is 0 Å². The Morgan fingerprint density at radius 3 is 2.64 bits per heavy atom. The van der Waals surface area contributed by atoms with Gasteiger partial charge in [-0.1, -0.05) is 19.2 Å². The molecule has 45 heavy (non-hydrogen) atoms. The number of ether oxygens (including phenoxy) is 2. The molecule has 21 heteroatoms. The highest BCUT2D eigenvalue weighted by Crippen LogP contribution is 2.57. The highest BCUT2D eigenvalue weighted by atomic mass is 32.7. The zero-order chi connectivity index (χ0) is 33.1. The zero-order valence-corrected chi connectivity index (χ0v) is 27.6. The summed E-state index contributed by atoms with van der Waals surface area (Å²) in [6.07, 6.45) is -6.69. The first-order chi connectivity index (χ1) is 21.1. The van der Waals surface area contributed by atoms with Gasteiger partial charge in [0, 0.05) is 19.3 Å². The van der Waals surface area contributed by atoms with Crippen LogP contribution in [0.2, 0.25) is 0 Å². The van der Waals surface area contributed by atoms with Crippen molar-refractivity contribution in [2.45, 2.75) is 76.2 Å². The van der Waals surface area contributed by atoms with Gasteiger partial charge in [0.1, 0.15) is 48.2 Å². The standard InChI is InChI=1S/C24H33FN6O10P2S2/c1-4-14-20(16(25)24(39-14)31-23-17(27-5-2)22(26)29-10-30-23)41-43(36,45)37-9-15-18(33)21(40-42(34,35)44)19(38-15)12-6-7-28-13(8-12)11(3)32/h5-8,10,14-16,18-21,24,33H,4,9H2,1-3H3,(H,36,45)(H2,34,35,44)(H3,26,29,30,31)/t14-,15-,16-,18-,19+,20-,21-,24-,43?/m1/s1. The van der Waals surface area contributed by atoms with Crippen LogP contribution < -0.4 is 11.1 Å². The summed E-state index contributed by atoms with van der Waals surface area (Å²) < 4.78 is 56.6. The number of anilines is 2. The van der Waals surface area contributed by atoms with E-state index in [1.165, 1.54) is 37.8 Å². The van der Waals surface area contributed by atoms with Crippen molar-refractivity contribution in [3.8, 4) is 0 Å². The Kier molecular flexibility index (Phi) is 11.8. The number of Topliss-reactive ketones (excluding diaryl/α,β-unsaturated/α-hetero) is 1. The number of aromatic nitrogens is 3. The second kappa shape index (κ2) is 14.8. The summed E-state index contributed by atoms with van der Waals surface area (Å²) in [6, 6.07) is 2.85. The summed E-state index contributed by atoms with van der Waals surface area (Å²) in [5.41, 5.74) is 6.43. The number of alkyl halides is 1. The van der Waals surface area contributed by atoms with Gasteiger partial charge < -0.3 is 35.4 Å². The molecule has 2 saturated heterocycles. The number of carbonyl (C=O) groups excluding carboxylic acids is 1. The number of nitrogen functional groups attached to an aromatic ring is 1. The Morgan fingerprint density at radius 1 is 1.27 bits per heavy atom. The minimum atomic E-state index is -4.34. The minimum absolute atomic E-state index is 0.0553. The van der Waals surface area contributed by atoms with Crippen LogP contribution in [0.25, 0.3) is 0 Å². The first-order valence-electron chi connectivity index (χ1n) is 13.5. The number of halogens is 1. The highest BCUT2D eigenvalue weighted by Gasteiger charge is 2.50. The van der Waals surface area contributed by atoms with E-state index in [-0.39, 0.29) is 35.2 Å². The zero-order valence-electron chi connectivity index (χ0n) is 24.1. The van der Waals surface area contributed by atoms with Crippen molar-refractivity contribution in [1.29, 1.82) is 0 Å². The fourth-order valence-electron chi connectivity index (χ4n) is 4.76. The molecule has 4 heterocycles. The third-order valence-electron chi connectivity index (χ3n) is 6.81. The van der Waals surface area contributed by atoms with Crippen LogP contribution >= 0.6 is 25.8 Å². The summed E-state index contributed by atoms with van der Waals surface area (Å²) in [7, 11) is 0. The molecule has 16 nitrogen and oxygen atoms in total. The fraction of sp³-hybridized carbons (Fsp3) is 0.542. The van der Waals surface area contributed by atoms with Gasteiger partial charge in [-0.3, -0.25) is 28.3 Å². The van der Waals surface area contributed by atoms with Gasteiger partial charge >= 0.3 is 13.5 Å². The molecule has 0 amide bonds. The summed E-state index contributed by atoms with van der Waals surface area (Å²) >= 11 is 8.58. The van der Waals surface area contributed by atoms with E-state index in [9.17, 15) is 24.3 Å². The van der Waals surface area contributed by atoms with Crippen molar-refractivity contribution < 1.29 is 51.7 Å². The number of aliphatic imine (C=N–C) groups is 1. The smallest absolute Gasteiger partial charge is 0.386 e. The van der Waals surface area contributed by atoms with Gasteiger partial charge in [-0.25, -0.2) is 18.9 Å². The van der Waals surface area contributed by atoms with Crippen LogP contribution in [0.1, 0.15) is 49.3 Å². The van der Waals surface area contributed by atoms with E-state index in [0.29, 0.717) is 5.56 Å². The fourth-order valence-corrected chi connectivity index (χ4v) is 7.10. The molecular formula is C24H33FN6O10P2S2. The number of ketones is 1. The Morgan fingerprint density at radius 2 is 2.00 bits per heavy atom. The first-order valence-corrected chi connectivity index (χ1v) is 18.8. The number of nitrogens with two attached hydrogens (primary N) is 1. The molecule has 0 spiro atoms. The predicted molar refractivity (Wildman–Crippen MR) is 167 cm³/mol. The van der Waals surface area contributed by atoms with Crippen LogP contribution in [-0.2, 0) is 39.4 Å². The Hall–Kier alpha value is -1.99. The van der Waals surface area contributed by atoms with Crippen molar-refractivity contribution in [1.82, 2.24) is 15.0 Å². The average Bonchev–Trinajstić information content (AvgIpc) is 3.43. The van der Waals surface area contributed by atoms with Crippen LogP contribution in [0.4, 0.5) is 21.7 Å². The number of carbonyl (C=O) groups is 1. The van der Waals surface area contributed by atoms with Crippen molar-refractivity contribution in [3.63, 3.8) is 0 Å². The van der Waals surface area contributed by atoms with Gasteiger partial charge in [0.2, 0.25) is 0 Å². The molecule has 0 aromatic carbocycles. The van der Waals surface area contributed by atoms with Crippen molar-refractivity contribution in [2.24, 2.45) is 4.99 Å². The van der Waals surface area contributed by atoms with Gasteiger partial charge in [0.15, 0.2) is 29.8 Å². The lowest BCUT2D eigenvalue weighted by atomic mass is 10.0. The number of hydrogen-bond donors (Lipinski definition) is 6. The number of thiol groups is 1. The molecule has 0 bridgehead atoms. The molecule has 2 aliphatic heterocycles. The van der Waals surface area contributed by atoms with E-state index < -0.39 is 69.1 Å². The summed E-state index contributed by atoms with van der Waals surface area (Å²) in [4.78, 5) is 47.4. The van der Waals surface area contributed by atoms with Gasteiger partial charge in [-0.15, -0.1) is 0 Å². The number of pyridine rings is 1. The Balaban J connectivity index is 1.46. The third-order valence-corrected chi connectivity index (χ3v) is 9.20. The molecule has 0 aliphatic carbocycles. The van der Waals surface area contributed by atoms with Crippen LogP contribution in [0.3, 0.4) is 0 Å². The number of nitrogens with zero attached hydrogens (tertiary/aromatic N) is 4. The van der Waals surface area contributed by atoms with Crippen LogP contribution in [-0.4, -0.2) is 91.4 Å². The third kappa shape index (κ3) is 8.88. The van der Waals surface area contributed by atoms with Crippen molar-refractivity contribution >= 4 is 66.9 Å². The first kappa shape index (κ1) is 35.9. The molecule has 2 aliphatic rings. The molecular weight excluding hydrogens is 677 g/mol. The molecule has 1 unspecified atom stereocenters. The van der Waals surface area contributed by atoms with Crippen LogP contribution in [0, 0.1) is 0 Å². The summed E-state index contributed by atoms with van der Waals surface area (Å²) in [5.74, 6) is -0.190. The summed E-state index contributed by atoms with van der Waals surface area (Å²) in [5, 5.41) is 13.7. The van der Waals surface area contributed by atoms with Crippen LogP contribution in [0.15, 0.2) is 29.6 Å². The molecule has 0 radical (unpaired) electrons. The van der Waals surface area contributed by atoms with Crippen molar-refractivity contribution in [3.05, 3.63) is 35.9 Å². The lowest BCUT2D eigenvalue weighted by molar-refractivity contribution is -0.0231. The van der Waals surface area contributed by atoms with E-state index in [4.69, 9.17) is 28.8 Å². The van der Waals surface area contributed by atoms with E-state index >= 15 is 4.39 Å². The largest absolute Gasteiger partial charge is 0.387 e. The molecule has 0 saturated carbocycles. The molecule has 9 atom stereocenters. The van der Waals surface area contributed by atoms with Gasteiger partial charge in [-0.05, 0) is 42.8 Å². The maximum Gasteiger partial charge on any atom is 0.386 e. The summed E-state index contributed by atoms with van der Waals surface area (Å²) in [6.45, 7) is -4.59. The lowest BCUT2D eigenvalue weighted by Gasteiger charge is -2.24. The number of aliphatic hydroxyl groups excluding tert-OH is 1. The highest BCUT2D eigenvalue weighted by molar-refractivity contribution is 8.44. The second-order valence-corrected chi connectivity index (χ2v) is 15.4. The number of aliphatic hydroxyl groups is 1. The second-order valence-electron chi connectivity index (χ2n) is 9.95. The molecule has 4 rings (SSSR count). The minimum Gasteiger partial charge on any atom is -0.387 e. The Labute approximate surface area is 267 Å². The normalized spacial score (nSPS) is 30.0. The van der Waals surface area contributed by atoms with Crippen molar-refractivity contribution in [2.75, 3.05) is 17.7 Å². The molecule has 2 aromatic rings. The van der Waals surface area contributed by atoms with Gasteiger partial charge in [-0.2, -0.15) is 0 Å². The van der Waals surface area contributed by atoms with E-state index in [1.807, 2.05) is 0 Å². The van der Waals surface area contributed by atoms with Gasteiger partial charge in [0.05, 0.1) is 12.7 Å². The molecule has 2 aromatic heterocycles. The Bertz CT molecular complexity index is 1510. The maximum atomic E-state index is 15.7. The monoisotopic (exact) mass is 710 g/mol. The van der Waals surface area contributed by atoms with Crippen LogP contribution in [0.5, 0.6) is 0 Å². The maximum absolute atomic E-state index is 15.7. The molecule has 248 valence electrons.